The Morgan fingerprint density at radius 1 is 1.06 bits per heavy atom. The van der Waals surface area contributed by atoms with E-state index in [0.717, 1.165) is 35.1 Å². The summed E-state index contributed by atoms with van der Waals surface area (Å²) in [6.07, 6.45) is 3.94. The molecule has 1 atom stereocenters. The van der Waals surface area contributed by atoms with Crippen LogP contribution in [0.25, 0.3) is 11.3 Å². The first-order chi connectivity index (χ1) is 15.1. The van der Waals surface area contributed by atoms with Crippen molar-refractivity contribution in [2.75, 3.05) is 0 Å². The quantitative estimate of drug-likeness (QED) is 0.629. The van der Waals surface area contributed by atoms with Crippen LogP contribution in [0.2, 0.25) is 0 Å². The molecule has 1 aliphatic carbocycles. The van der Waals surface area contributed by atoms with Crippen molar-refractivity contribution < 1.29 is 14.7 Å². The highest BCUT2D eigenvalue weighted by Gasteiger charge is 2.57. The Kier molecular flexibility index (Phi) is 4.71. The lowest BCUT2D eigenvalue weighted by atomic mass is 9.82. The SMILES string of the molecule is Cc1cccc(C2=C(c3ccncc3)C(C3(c4ccccc4)CC3)ON2NC(=O)O)c1. The summed E-state index contributed by atoms with van der Waals surface area (Å²) in [7, 11) is 0. The maximum Gasteiger partial charge on any atom is 0.425 e. The molecule has 156 valence electrons. The summed E-state index contributed by atoms with van der Waals surface area (Å²) in [5.74, 6) is 0. The fraction of sp³-hybridized carbons (Fsp3) is 0.200. The molecule has 0 saturated heterocycles. The molecule has 1 amide bonds. The second kappa shape index (κ2) is 7.56. The lowest BCUT2D eigenvalue weighted by molar-refractivity contribution is -0.156. The van der Waals surface area contributed by atoms with Crippen molar-refractivity contribution in [1.82, 2.24) is 15.6 Å². The molecule has 1 aromatic heterocycles. The number of benzene rings is 2. The molecule has 1 saturated carbocycles. The van der Waals surface area contributed by atoms with Crippen LogP contribution in [-0.4, -0.2) is 27.5 Å². The van der Waals surface area contributed by atoms with Crippen LogP contribution in [0.15, 0.2) is 79.1 Å². The Labute approximate surface area is 180 Å². The summed E-state index contributed by atoms with van der Waals surface area (Å²) in [6, 6.07) is 22.2. The standard InChI is InChI=1S/C25H23N3O3/c1-17-6-5-7-19(16-17)22-21(18-10-14-26-15-11-18)23(31-28(22)27-24(29)30)25(12-13-25)20-8-3-2-4-9-20/h2-11,14-16,23,27H,12-13H2,1H3,(H,29,30). The van der Waals surface area contributed by atoms with E-state index >= 15 is 0 Å². The van der Waals surface area contributed by atoms with E-state index in [1.54, 1.807) is 12.4 Å². The Bertz CT molecular complexity index is 1140. The van der Waals surface area contributed by atoms with Crippen molar-refractivity contribution in [2.45, 2.75) is 31.3 Å². The first kappa shape index (κ1) is 19.3. The fourth-order valence-electron chi connectivity index (χ4n) is 4.48. The molecule has 31 heavy (non-hydrogen) atoms. The number of carbonyl (C=O) groups is 1. The minimum absolute atomic E-state index is 0.204. The number of pyridine rings is 1. The van der Waals surface area contributed by atoms with Crippen LogP contribution in [0.1, 0.15) is 35.1 Å². The molecular weight excluding hydrogens is 390 g/mol. The topological polar surface area (TPSA) is 74.7 Å². The van der Waals surface area contributed by atoms with Crippen LogP contribution in [0.4, 0.5) is 4.79 Å². The molecular formula is C25H23N3O3. The Balaban J connectivity index is 1.73. The van der Waals surface area contributed by atoms with E-state index in [1.165, 1.54) is 10.7 Å². The highest BCUT2D eigenvalue weighted by molar-refractivity contribution is 5.94. The normalized spacial score (nSPS) is 19.4. The van der Waals surface area contributed by atoms with Crippen molar-refractivity contribution in [1.29, 1.82) is 0 Å². The van der Waals surface area contributed by atoms with E-state index in [0.29, 0.717) is 5.70 Å². The first-order valence-corrected chi connectivity index (χ1v) is 10.3. The van der Waals surface area contributed by atoms with Gasteiger partial charge in [-0.25, -0.2) is 15.1 Å². The smallest absolute Gasteiger partial charge is 0.425 e. The number of aromatic nitrogens is 1. The molecule has 2 aromatic carbocycles. The molecule has 0 radical (unpaired) electrons. The molecule has 0 bridgehead atoms. The minimum Gasteiger partial charge on any atom is -0.464 e. The summed E-state index contributed by atoms with van der Waals surface area (Å²) in [6.45, 7) is 2.02. The molecule has 1 fully saturated rings. The van der Waals surface area contributed by atoms with Gasteiger partial charge in [-0.05, 0) is 49.1 Å². The average molecular weight is 413 g/mol. The summed E-state index contributed by atoms with van der Waals surface area (Å²) in [5, 5.41) is 10.8. The predicted octanol–water partition coefficient (Wildman–Crippen LogP) is 4.79. The number of nitrogens with one attached hydrogen (secondary N) is 1. The summed E-state index contributed by atoms with van der Waals surface area (Å²) in [4.78, 5) is 22.2. The number of hydroxylamine groups is 1. The molecule has 1 aliphatic heterocycles. The largest absolute Gasteiger partial charge is 0.464 e. The summed E-state index contributed by atoms with van der Waals surface area (Å²) >= 11 is 0. The van der Waals surface area contributed by atoms with Crippen LogP contribution in [0.5, 0.6) is 0 Å². The first-order valence-electron chi connectivity index (χ1n) is 10.3. The average Bonchev–Trinajstić information content (AvgIpc) is 3.51. The van der Waals surface area contributed by atoms with Crippen molar-refractivity contribution in [3.05, 3.63) is 101 Å². The second-order valence-corrected chi connectivity index (χ2v) is 8.09. The Morgan fingerprint density at radius 2 is 1.81 bits per heavy atom. The predicted molar refractivity (Wildman–Crippen MR) is 117 cm³/mol. The molecule has 2 N–H and O–H groups in total. The van der Waals surface area contributed by atoms with E-state index in [4.69, 9.17) is 4.84 Å². The third kappa shape index (κ3) is 3.45. The molecule has 6 heteroatoms. The summed E-state index contributed by atoms with van der Waals surface area (Å²) in [5.41, 5.74) is 8.06. The van der Waals surface area contributed by atoms with E-state index in [2.05, 4.69) is 22.5 Å². The van der Waals surface area contributed by atoms with Gasteiger partial charge >= 0.3 is 6.09 Å². The number of hydrazine groups is 1. The van der Waals surface area contributed by atoms with Gasteiger partial charge < -0.3 is 5.11 Å². The lowest BCUT2D eigenvalue weighted by Gasteiger charge is -2.26. The van der Waals surface area contributed by atoms with Gasteiger partial charge in [0.1, 0.15) is 11.8 Å². The van der Waals surface area contributed by atoms with Gasteiger partial charge in [-0.3, -0.25) is 4.98 Å². The van der Waals surface area contributed by atoms with Crippen LogP contribution >= 0.6 is 0 Å². The maximum absolute atomic E-state index is 11.6. The highest BCUT2D eigenvalue weighted by Crippen LogP contribution is 2.58. The molecule has 3 aromatic rings. The van der Waals surface area contributed by atoms with E-state index in [9.17, 15) is 9.90 Å². The Morgan fingerprint density at radius 3 is 2.45 bits per heavy atom. The van der Waals surface area contributed by atoms with E-state index in [-0.39, 0.29) is 11.5 Å². The van der Waals surface area contributed by atoms with Gasteiger partial charge in [0.2, 0.25) is 0 Å². The molecule has 1 unspecified atom stereocenters. The fourth-order valence-corrected chi connectivity index (χ4v) is 4.48. The number of carboxylic acid groups (broad SMARTS) is 1. The van der Waals surface area contributed by atoms with Gasteiger partial charge in [0.25, 0.3) is 0 Å². The second-order valence-electron chi connectivity index (χ2n) is 8.09. The van der Waals surface area contributed by atoms with E-state index in [1.807, 2.05) is 61.5 Å². The number of nitrogens with zero attached hydrogens (tertiary/aromatic N) is 2. The van der Waals surface area contributed by atoms with Gasteiger partial charge in [-0.2, -0.15) is 5.17 Å². The maximum atomic E-state index is 11.6. The number of amides is 1. The zero-order valence-corrected chi connectivity index (χ0v) is 17.2. The molecule has 6 nitrogen and oxygen atoms in total. The van der Waals surface area contributed by atoms with E-state index < -0.39 is 6.09 Å². The van der Waals surface area contributed by atoms with Gasteiger partial charge in [0.05, 0.1) is 0 Å². The van der Waals surface area contributed by atoms with Crippen molar-refractivity contribution in [3.63, 3.8) is 0 Å². The van der Waals surface area contributed by atoms with Gasteiger partial charge in [0.15, 0.2) is 0 Å². The summed E-state index contributed by atoms with van der Waals surface area (Å²) < 4.78 is 0. The van der Waals surface area contributed by atoms with Gasteiger partial charge in [-0.1, -0.05) is 54.1 Å². The van der Waals surface area contributed by atoms with Crippen molar-refractivity contribution >= 4 is 17.4 Å². The van der Waals surface area contributed by atoms with Crippen LogP contribution in [0, 0.1) is 6.92 Å². The van der Waals surface area contributed by atoms with Crippen LogP contribution in [0.3, 0.4) is 0 Å². The molecule has 2 aliphatic rings. The lowest BCUT2D eigenvalue weighted by Crippen LogP contribution is -2.40. The Hall–Kier alpha value is -3.64. The minimum atomic E-state index is -1.18. The van der Waals surface area contributed by atoms with Crippen LogP contribution in [-0.2, 0) is 10.3 Å². The van der Waals surface area contributed by atoms with Crippen molar-refractivity contribution in [2.24, 2.45) is 0 Å². The number of hydrogen-bond donors (Lipinski definition) is 2. The number of aryl methyl sites for hydroxylation is 1. The third-order valence-corrected chi connectivity index (χ3v) is 6.05. The van der Waals surface area contributed by atoms with Gasteiger partial charge in [-0.15, -0.1) is 0 Å². The monoisotopic (exact) mass is 413 g/mol. The van der Waals surface area contributed by atoms with Crippen LogP contribution < -0.4 is 5.43 Å². The van der Waals surface area contributed by atoms with Gasteiger partial charge in [0, 0.05) is 28.9 Å². The molecule has 5 rings (SSSR count). The number of rotatable bonds is 5. The zero-order valence-electron chi connectivity index (χ0n) is 17.2. The molecule has 2 heterocycles. The zero-order chi connectivity index (χ0) is 21.4. The highest BCUT2D eigenvalue weighted by atomic mass is 16.7. The number of hydrogen-bond acceptors (Lipinski definition) is 4. The third-order valence-electron chi connectivity index (χ3n) is 6.05. The molecule has 0 spiro atoms. The van der Waals surface area contributed by atoms with Crippen molar-refractivity contribution in [3.8, 4) is 0 Å².